The summed E-state index contributed by atoms with van der Waals surface area (Å²) in [6.07, 6.45) is 6.32. The van der Waals surface area contributed by atoms with E-state index in [0.717, 1.165) is 55.2 Å². The normalized spacial score (nSPS) is 16.1. The molecule has 3 amide bonds. The van der Waals surface area contributed by atoms with Crippen molar-refractivity contribution in [3.63, 3.8) is 0 Å². The fraction of sp³-hybridized carbons (Fsp3) is 0.700. The molecule has 208 valence electrons. The zero-order valence-corrected chi connectivity index (χ0v) is 24.3. The van der Waals surface area contributed by atoms with Crippen LogP contribution in [0, 0.1) is 19.8 Å². The van der Waals surface area contributed by atoms with Crippen molar-refractivity contribution in [2.75, 3.05) is 6.54 Å². The fourth-order valence-corrected chi connectivity index (χ4v) is 4.99. The van der Waals surface area contributed by atoms with Crippen LogP contribution in [0.3, 0.4) is 0 Å². The Morgan fingerprint density at radius 2 is 1.62 bits per heavy atom. The Balaban J connectivity index is 2.48. The van der Waals surface area contributed by atoms with Gasteiger partial charge in [0.1, 0.15) is 17.7 Å². The Kier molecular flexibility index (Phi) is 11.5. The minimum absolute atomic E-state index is 0.124. The van der Waals surface area contributed by atoms with E-state index >= 15 is 0 Å². The summed E-state index contributed by atoms with van der Waals surface area (Å²) in [5, 5.41) is 6.06. The van der Waals surface area contributed by atoms with Gasteiger partial charge in [-0.25, -0.2) is 4.79 Å². The third-order valence-corrected chi connectivity index (χ3v) is 6.71. The standard InChI is InChI=1S/C30H49N3O4/c1-9-10-16-33(28(35)25(20(2)3)32-29(36)37-30(6,7)8)26(23-18-21(4)17-22(5)19-23)27(34)31-24-14-12-11-13-15-24/h17-20,24-26H,9-16H2,1-8H3,(H,31,34)(H,32,36). The zero-order chi connectivity index (χ0) is 27.8. The molecule has 1 saturated carbocycles. The lowest BCUT2D eigenvalue weighted by Crippen LogP contribution is -2.55. The van der Waals surface area contributed by atoms with Crippen LogP contribution >= 0.6 is 0 Å². The van der Waals surface area contributed by atoms with E-state index in [1.54, 1.807) is 25.7 Å². The lowest BCUT2D eigenvalue weighted by atomic mass is 9.93. The maximum absolute atomic E-state index is 14.1. The van der Waals surface area contributed by atoms with Gasteiger partial charge in [-0.1, -0.05) is 75.8 Å². The summed E-state index contributed by atoms with van der Waals surface area (Å²) in [5.74, 6) is -0.608. The van der Waals surface area contributed by atoms with Crippen molar-refractivity contribution < 1.29 is 19.1 Å². The van der Waals surface area contributed by atoms with Crippen molar-refractivity contribution in [2.45, 2.75) is 124 Å². The van der Waals surface area contributed by atoms with E-state index < -0.39 is 23.8 Å². The van der Waals surface area contributed by atoms with Gasteiger partial charge >= 0.3 is 6.09 Å². The highest BCUT2D eigenvalue weighted by molar-refractivity contribution is 5.92. The van der Waals surface area contributed by atoms with Gasteiger partial charge in [0.15, 0.2) is 0 Å². The Bertz CT molecular complexity index is 896. The Hall–Kier alpha value is -2.57. The molecule has 1 aliphatic carbocycles. The van der Waals surface area contributed by atoms with Crippen LogP contribution in [0.25, 0.3) is 0 Å². The minimum Gasteiger partial charge on any atom is -0.444 e. The van der Waals surface area contributed by atoms with E-state index in [2.05, 4.69) is 23.6 Å². The number of nitrogens with zero attached hydrogens (tertiary/aromatic N) is 1. The van der Waals surface area contributed by atoms with Crippen molar-refractivity contribution in [3.05, 3.63) is 34.9 Å². The van der Waals surface area contributed by atoms with Gasteiger partial charge in [0, 0.05) is 12.6 Å². The van der Waals surface area contributed by atoms with Crippen LogP contribution in [0.2, 0.25) is 0 Å². The average molecular weight is 516 g/mol. The van der Waals surface area contributed by atoms with E-state index in [-0.39, 0.29) is 23.8 Å². The predicted molar refractivity (Wildman–Crippen MR) is 148 cm³/mol. The smallest absolute Gasteiger partial charge is 0.408 e. The lowest BCUT2D eigenvalue weighted by Gasteiger charge is -2.37. The predicted octanol–water partition coefficient (Wildman–Crippen LogP) is 5.97. The van der Waals surface area contributed by atoms with Crippen LogP contribution in [-0.4, -0.2) is 47.0 Å². The number of alkyl carbamates (subject to hydrolysis) is 1. The number of carbonyl (C=O) groups is 3. The van der Waals surface area contributed by atoms with Crippen molar-refractivity contribution in [2.24, 2.45) is 5.92 Å². The van der Waals surface area contributed by atoms with Gasteiger partial charge in [-0.2, -0.15) is 0 Å². The highest BCUT2D eigenvalue weighted by Gasteiger charge is 2.38. The van der Waals surface area contributed by atoms with Crippen LogP contribution in [0.1, 0.15) is 109 Å². The number of rotatable bonds is 10. The van der Waals surface area contributed by atoms with Gasteiger partial charge < -0.3 is 20.3 Å². The molecule has 0 spiro atoms. The molecule has 7 nitrogen and oxygen atoms in total. The van der Waals surface area contributed by atoms with Gasteiger partial charge in [-0.15, -0.1) is 0 Å². The van der Waals surface area contributed by atoms with E-state index in [0.29, 0.717) is 6.54 Å². The highest BCUT2D eigenvalue weighted by atomic mass is 16.6. The van der Waals surface area contributed by atoms with Crippen LogP contribution in [0.4, 0.5) is 4.79 Å². The van der Waals surface area contributed by atoms with E-state index in [1.807, 2.05) is 39.8 Å². The second-order valence-corrected chi connectivity index (χ2v) is 11.9. The molecule has 37 heavy (non-hydrogen) atoms. The summed E-state index contributed by atoms with van der Waals surface area (Å²) in [6, 6.07) is 4.59. The molecule has 0 bridgehead atoms. The first-order chi connectivity index (χ1) is 17.3. The van der Waals surface area contributed by atoms with Crippen molar-refractivity contribution in [3.8, 4) is 0 Å². The summed E-state index contributed by atoms with van der Waals surface area (Å²) >= 11 is 0. The first-order valence-electron chi connectivity index (χ1n) is 14.0. The number of aryl methyl sites for hydroxylation is 2. The van der Waals surface area contributed by atoms with Crippen LogP contribution in [0.5, 0.6) is 0 Å². The first-order valence-corrected chi connectivity index (χ1v) is 14.0. The van der Waals surface area contributed by atoms with Gasteiger partial charge in [0.05, 0.1) is 0 Å². The van der Waals surface area contributed by atoms with Gasteiger partial charge in [-0.3, -0.25) is 9.59 Å². The fourth-order valence-electron chi connectivity index (χ4n) is 4.99. The minimum atomic E-state index is -0.817. The molecule has 1 fully saturated rings. The largest absolute Gasteiger partial charge is 0.444 e. The Morgan fingerprint density at radius 1 is 1.03 bits per heavy atom. The molecule has 1 aromatic carbocycles. The van der Waals surface area contributed by atoms with Crippen molar-refractivity contribution in [1.29, 1.82) is 0 Å². The van der Waals surface area contributed by atoms with E-state index in [9.17, 15) is 14.4 Å². The molecule has 0 radical (unpaired) electrons. The molecule has 0 saturated heterocycles. The van der Waals surface area contributed by atoms with Gasteiger partial charge in [0.2, 0.25) is 11.8 Å². The maximum atomic E-state index is 14.1. The second-order valence-electron chi connectivity index (χ2n) is 11.9. The number of carbonyl (C=O) groups excluding carboxylic acids is 3. The molecule has 0 aliphatic heterocycles. The number of hydrogen-bond acceptors (Lipinski definition) is 4. The molecular weight excluding hydrogens is 466 g/mol. The number of nitrogens with one attached hydrogen (secondary N) is 2. The molecule has 2 unspecified atom stereocenters. The zero-order valence-electron chi connectivity index (χ0n) is 24.3. The van der Waals surface area contributed by atoms with Crippen LogP contribution < -0.4 is 10.6 Å². The molecule has 0 aromatic heterocycles. The van der Waals surface area contributed by atoms with Gasteiger partial charge in [-0.05, 0) is 65.4 Å². The highest BCUT2D eigenvalue weighted by Crippen LogP contribution is 2.28. The topological polar surface area (TPSA) is 87.7 Å². The van der Waals surface area contributed by atoms with Gasteiger partial charge in [0.25, 0.3) is 0 Å². The number of hydrogen-bond donors (Lipinski definition) is 2. The third-order valence-electron chi connectivity index (χ3n) is 6.71. The summed E-state index contributed by atoms with van der Waals surface area (Å²) in [4.78, 5) is 42.4. The lowest BCUT2D eigenvalue weighted by molar-refractivity contribution is -0.143. The Labute approximate surface area is 224 Å². The number of benzene rings is 1. The molecule has 1 aliphatic rings. The maximum Gasteiger partial charge on any atom is 0.408 e. The molecule has 2 rings (SSSR count). The molecule has 2 N–H and O–H groups in total. The number of unbranched alkanes of at least 4 members (excludes halogenated alkanes) is 1. The third kappa shape index (κ3) is 9.67. The SMILES string of the molecule is CCCCN(C(=O)C(NC(=O)OC(C)(C)C)C(C)C)C(C(=O)NC1CCCCC1)c1cc(C)cc(C)c1. The molecule has 0 heterocycles. The molecule has 7 heteroatoms. The summed E-state index contributed by atoms with van der Waals surface area (Å²) in [6.45, 7) is 15.7. The quantitative estimate of drug-likeness (QED) is 0.402. The Morgan fingerprint density at radius 3 is 2.14 bits per heavy atom. The summed E-state index contributed by atoms with van der Waals surface area (Å²) in [5.41, 5.74) is 2.20. The average Bonchev–Trinajstić information content (AvgIpc) is 2.78. The van der Waals surface area contributed by atoms with Crippen molar-refractivity contribution in [1.82, 2.24) is 15.5 Å². The first kappa shape index (κ1) is 30.7. The number of amides is 3. The molecule has 2 atom stereocenters. The summed E-state index contributed by atoms with van der Waals surface area (Å²) in [7, 11) is 0. The monoisotopic (exact) mass is 515 g/mol. The van der Waals surface area contributed by atoms with Crippen molar-refractivity contribution >= 4 is 17.9 Å². The van der Waals surface area contributed by atoms with Crippen LogP contribution in [-0.2, 0) is 14.3 Å². The van der Waals surface area contributed by atoms with E-state index in [1.165, 1.54) is 6.42 Å². The second kappa shape index (κ2) is 13.8. The van der Waals surface area contributed by atoms with Crippen LogP contribution in [0.15, 0.2) is 18.2 Å². The molecule has 1 aromatic rings. The number of ether oxygens (including phenoxy) is 1. The molecular formula is C30H49N3O4. The summed E-state index contributed by atoms with van der Waals surface area (Å²) < 4.78 is 5.45. The van der Waals surface area contributed by atoms with E-state index in [4.69, 9.17) is 4.74 Å².